The monoisotopic (exact) mass is 223 g/mol. The van der Waals surface area contributed by atoms with Gasteiger partial charge in [0.25, 0.3) is 0 Å². The second kappa shape index (κ2) is 4.29. The normalized spacial score (nSPS) is 18.1. The maximum Gasteiger partial charge on any atom is 0.372 e. The molecule has 16 heavy (non-hydrogen) atoms. The molecule has 0 unspecified atom stereocenters. The van der Waals surface area contributed by atoms with E-state index in [0.29, 0.717) is 6.54 Å². The first-order valence-corrected chi connectivity index (χ1v) is 5.71. The molecule has 0 aromatic carbocycles. The third-order valence-electron chi connectivity index (χ3n) is 3.58. The first kappa shape index (κ1) is 11.2. The number of carbonyl (C=O) groups is 1. The highest BCUT2D eigenvalue weighted by molar-refractivity contribution is 5.86. The molecular formula is C12H17NO3. The molecule has 2 rings (SSSR count). The molecule has 1 aliphatic rings. The summed E-state index contributed by atoms with van der Waals surface area (Å²) in [6, 6.07) is 1.72. The molecule has 4 nitrogen and oxygen atoms in total. The first-order valence-electron chi connectivity index (χ1n) is 5.71. The fourth-order valence-corrected chi connectivity index (χ4v) is 2.20. The Kier molecular flexibility index (Phi) is 3.01. The van der Waals surface area contributed by atoms with Crippen molar-refractivity contribution in [2.24, 2.45) is 0 Å². The van der Waals surface area contributed by atoms with Crippen LogP contribution in [0.5, 0.6) is 0 Å². The van der Waals surface area contributed by atoms with E-state index in [1.807, 2.05) is 0 Å². The predicted molar refractivity (Wildman–Crippen MR) is 59.4 cm³/mol. The molecule has 1 aromatic rings. The molecule has 1 aliphatic carbocycles. The van der Waals surface area contributed by atoms with E-state index < -0.39 is 5.97 Å². The Morgan fingerprint density at radius 1 is 1.62 bits per heavy atom. The molecule has 4 heteroatoms. The summed E-state index contributed by atoms with van der Waals surface area (Å²) in [7, 11) is 0. The van der Waals surface area contributed by atoms with Crippen LogP contribution >= 0.6 is 0 Å². The second-order valence-corrected chi connectivity index (χ2v) is 4.42. The summed E-state index contributed by atoms with van der Waals surface area (Å²) in [5.74, 6) is -0.945. The lowest BCUT2D eigenvalue weighted by molar-refractivity contribution is 0.0659. The van der Waals surface area contributed by atoms with Gasteiger partial charge in [-0.25, -0.2) is 4.79 Å². The van der Waals surface area contributed by atoms with Crippen molar-refractivity contribution in [3.05, 3.63) is 23.7 Å². The second-order valence-electron chi connectivity index (χ2n) is 4.42. The molecule has 1 fully saturated rings. The van der Waals surface area contributed by atoms with E-state index in [9.17, 15) is 4.79 Å². The van der Waals surface area contributed by atoms with Crippen molar-refractivity contribution in [3.8, 4) is 0 Å². The van der Waals surface area contributed by atoms with Crippen LogP contribution in [0.3, 0.4) is 0 Å². The fourth-order valence-electron chi connectivity index (χ4n) is 2.20. The van der Waals surface area contributed by atoms with E-state index in [1.165, 1.54) is 25.5 Å². The lowest BCUT2D eigenvalue weighted by Crippen LogP contribution is -2.49. The summed E-state index contributed by atoms with van der Waals surface area (Å²) in [5, 5.41) is 12.3. The van der Waals surface area contributed by atoms with Crippen LogP contribution in [-0.4, -0.2) is 16.6 Å². The molecule has 0 radical (unpaired) electrons. The van der Waals surface area contributed by atoms with Crippen LogP contribution in [0.15, 0.2) is 16.7 Å². The zero-order chi connectivity index (χ0) is 11.6. The maximum absolute atomic E-state index is 10.8. The van der Waals surface area contributed by atoms with Gasteiger partial charge >= 0.3 is 5.97 Å². The summed E-state index contributed by atoms with van der Waals surface area (Å²) >= 11 is 0. The molecule has 0 atom stereocenters. The lowest BCUT2D eigenvalue weighted by Gasteiger charge is -2.42. The van der Waals surface area contributed by atoms with Crippen LogP contribution in [0.25, 0.3) is 0 Å². The molecule has 88 valence electrons. The number of hydrogen-bond acceptors (Lipinski definition) is 3. The molecule has 0 amide bonds. The van der Waals surface area contributed by atoms with Gasteiger partial charge in [-0.15, -0.1) is 0 Å². The third kappa shape index (κ3) is 1.97. The Balaban J connectivity index is 1.99. The van der Waals surface area contributed by atoms with E-state index in [1.54, 1.807) is 6.07 Å². The van der Waals surface area contributed by atoms with Gasteiger partial charge in [0.2, 0.25) is 5.76 Å². The van der Waals surface area contributed by atoms with E-state index >= 15 is 0 Å². The number of furan rings is 1. The van der Waals surface area contributed by atoms with Gasteiger partial charge in [-0.05, 0) is 31.7 Å². The summed E-state index contributed by atoms with van der Waals surface area (Å²) in [5.41, 5.74) is 0.958. The molecule has 1 aromatic heterocycles. The molecule has 1 heterocycles. The Labute approximate surface area is 94.6 Å². The topological polar surface area (TPSA) is 62.5 Å². The molecule has 1 saturated carbocycles. The predicted octanol–water partition coefficient (Wildman–Crippen LogP) is 2.40. The zero-order valence-corrected chi connectivity index (χ0v) is 9.45. The van der Waals surface area contributed by atoms with Crippen molar-refractivity contribution < 1.29 is 14.3 Å². The summed E-state index contributed by atoms with van der Waals surface area (Å²) in [6.45, 7) is 2.74. The van der Waals surface area contributed by atoms with E-state index in [-0.39, 0.29) is 11.3 Å². The van der Waals surface area contributed by atoms with Gasteiger partial charge in [-0.1, -0.05) is 6.92 Å². The van der Waals surface area contributed by atoms with Crippen LogP contribution in [0.4, 0.5) is 0 Å². The number of nitrogens with one attached hydrogen (secondary N) is 1. The Morgan fingerprint density at radius 3 is 2.88 bits per heavy atom. The molecule has 0 spiro atoms. The van der Waals surface area contributed by atoms with Crippen molar-refractivity contribution in [2.45, 2.75) is 44.7 Å². The fraction of sp³-hybridized carbons (Fsp3) is 0.583. The highest BCUT2D eigenvalue weighted by Gasteiger charge is 2.34. The number of aromatic carboxylic acids is 1. The number of hydrogen-bond donors (Lipinski definition) is 2. The van der Waals surface area contributed by atoms with Gasteiger partial charge in [0.15, 0.2) is 0 Å². The van der Waals surface area contributed by atoms with Crippen LogP contribution in [0.2, 0.25) is 0 Å². The van der Waals surface area contributed by atoms with Gasteiger partial charge in [0.1, 0.15) is 0 Å². The number of rotatable bonds is 5. The van der Waals surface area contributed by atoms with Crippen LogP contribution < -0.4 is 5.32 Å². The highest BCUT2D eigenvalue weighted by Crippen LogP contribution is 2.34. The minimum Gasteiger partial charge on any atom is -0.475 e. The largest absolute Gasteiger partial charge is 0.475 e. The third-order valence-corrected chi connectivity index (χ3v) is 3.58. The molecular weight excluding hydrogens is 206 g/mol. The quantitative estimate of drug-likeness (QED) is 0.804. The summed E-state index contributed by atoms with van der Waals surface area (Å²) < 4.78 is 4.94. The molecule has 0 saturated heterocycles. The van der Waals surface area contributed by atoms with Crippen LogP contribution in [0.1, 0.15) is 48.7 Å². The van der Waals surface area contributed by atoms with Crippen LogP contribution in [-0.2, 0) is 6.54 Å². The van der Waals surface area contributed by atoms with Crippen LogP contribution in [0, 0.1) is 0 Å². The smallest absolute Gasteiger partial charge is 0.372 e. The Hall–Kier alpha value is -1.29. The van der Waals surface area contributed by atoms with Gasteiger partial charge in [0, 0.05) is 17.6 Å². The van der Waals surface area contributed by atoms with E-state index in [4.69, 9.17) is 9.52 Å². The van der Waals surface area contributed by atoms with E-state index in [0.717, 1.165) is 12.0 Å². The van der Waals surface area contributed by atoms with E-state index in [2.05, 4.69) is 12.2 Å². The Bertz CT molecular complexity index is 374. The lowest BCUT2D eigenvalue weighted by atomic mass is 9.75. The average molecular weight is 223 g/mol. The van der Waals surface area contributed by atoms with Gasteiger partial charge in [-0.3, -0.25) is 0 Å². The Morgan fingerprint density at radius 2 is 2.38 bits per heavy atom. The van der Waals surface area contributed by atoms with Crippen molar-refractivity contribution in [3.63, 3.8) is 0 Å². The number of carboxylic acid groups (broad SMARTS) is 1. The summed E-state index contributed by atoms with van der Waals surface area (Å²) in [4.78, 5) is 10.8. The summed E-state index contributed by atoms with van der Waals surface area (Å²) in [6.07, 6.45) is 6.15. The highest BCUT2D eigenvalue weighted by atomic mass is 16.4. The standard InChI is InChI=1S/C12H17NO3/c1-2-12(5-3-6-12)13-8-9-4-7-16-10(9)11(14)15/h4,7,13H,2-3,5-6,8H2,1H3,(H,14,15). The zero-order valence-electron chi connectivity index (χ0n) is 9.45. The van der Waals surface area contributed by atoms with Gasteiger partial charge in [-0.2, -0.15) is 0 Å². The molecule has 0 aliphatic heterocycles. The molecule has 2 N–H and O–H groups in total. The van der Waals surface area contributed by atoms with Gasteiger partial charge < -0.3 is 14.8 Å². The molecule has 0 bridgehead atoms. The van der Waals surface area contributed by atoms with Crippen molar-refractivity contribution in [1.82, 2.24) is 5.32 Å². The SMILES string of the molecule is CCC1(NCc2ccoc2C(=O)O)CCC1. The van der Waals surface area contributed by atoms with Gasteiger partial charge in [0.05, 0.1) is 6.26 Å². The van der Waals surface area contributed by atoms with Crippen molar-refractivity contribution >= 4 is 5.97 Å². The number of carboxylic acids is 1. The first-order chi connectivity index (χ1) is 7.67. The minimum absolute atomic E-state index is 0.0538. The van der Waals surface area contributed by atoms with Crippen molar-refractivity contribution in [2.75, 3.05) is 0 Å². The minimum atomic E-state index is -0.999. The average Bonchev–Trinajstić information content (AvgIpc) is 2.65. The van der Waals surface area contributed by atoms with Crippen molar-refractivity contribution in [1.29, 1.82) is 0 Å². The maximum atomic E-state index is 10.8.